The monoisotopic (exact) mass is 387 g/mol. The van der Waals surface area contributed by atoms with Crippen molar-refractivity contribution in [1.29, 1.82) is 0 Å². The Hall–Kier alpha value is -2.54. The number of ether oxygens (including phenoxy) is 1. The number of hydrogen-bond acceptors (Lipinski definition) is 4. The van der Waals surface area contributed by atoms with E-state index in [2.05, 4.69) is 21.7 Å². The lowest BCUT2D eigenvalue weighted by molar-refractivity contribution is 0.235. The SMILES string of the molecule is CN=C(NCc1ccc(S(C)(=O)=O)c(C)c1)NCC1Cc2ccccc2O1. The van der Waals surface area contributed by atoms with Gasteiger partial charge in [0.05, 0.1) is 11.4 Å². The van der Waals surface area contributed by atoms with Crippen LogP contribution in [0.5, 0.6) is 5.75 Å². The number of guanidine groups is 1. The molecule has 2 aromatic rings. The molecule has 1 aliphatic heterocycles. The van der Waals surface area contributed by atoms with Crippen molar-refractivity contribution in [2.75, 3.05) is 19.8 Å². The molecule has 1 atom stereocenters. The summed E-state index contributed by atoms with van der Waals surface area (Å²) in [7, 11) is -1.48. The van der Waals surface area contributed by atoms with Crippen molar-refractivity contribution in [3.05, 3.63) is 59.2 Å². The maximum Gasteiger partial charge on any atom is 0.191 e. The molecule has 6 nitrogen and oxygen atoms in total. The molecule has 0 aliphatic carbocycles. The first-order chi connectivity index (χ1) is 12.9. The Bertz CT molecular complexity index is 930. The number of fused-ring (bicyclic) bond motifs is 1. The highest BCUT2D eigenvalue weighted by Gasteiger charge is 2.22. The van der Waals surface area contributed by atoms with Crippen LogP contribution in [-0.4, -0.2) is 40.3 Å². The van der Waals surface area contributed by atoms with Crippen LogP contribution in [0.25, 0.3) is 0 Å². The second kappa shape index (κ2) is 8.00. The van der Waals surface area contributed by atoms with Gasteiger partial charge < -0.3 is 15.4 Å². The van der Waals surface area contributed by atoms with E-state index >= 15 is 0 Å². The summed E-state index contributed by atoms with van der Waals surface area (Å²) in [6.07, 6.45) is 2.19. The fourth-order valence-electron chi connectivity index (χ4n) is 3.22. The molecule has 144 valence electrons. The molecule has 2 aromatic carbocycles. The Balaban J connectivity index is 1.52. The molecule has 0 spiro atoms. The Kier molecular flexibility index (Phi) is 5.70. The second-order valence-corrected chi connectivity index (χ2v) is 8.71. The molecule has 3 rings (SSSR count). The molecular formula is C20H25N3O3S. The average molecular weight is 388 g/mol. The molecular weight excluding hydrogens is 362 g/mol. The van der Waals surface area contributed by atoms with Gasteiger partial charge in [-0.25, -0.2) is 8.42 Å². The fraction of sp³-hybridized carbons (Fsp3) is 0.350. The third kappa shape index (κ3) is 4.80. The van der Waals surface area contributed by atoms with Crippen molar-refractivity contribution in [2.24, 2.45) is 4.99 Å². The highest BCUT2D eigenvalue weighted by Crippen LogP contribution is 2.27. The lowest BCUT2D eigenvalue weighted by Gasteiger charge is -2.16. The number of aryl methyl sites for hydroxylation is 1. The van der Waals surface area contributed by atoms with E-state index in [0.29, 0.717) is 23.9 Å². The fourth-order valence-corrected chi connectivity index (χ4v) is 4.18. The van der Waals surface area contributed by atoms with Crippen molar-refractivity contribution in [3.8, 4) is 5.75 Å². The molecule has 0 radical (unpaired) electrons. The topological polar surface area (TPSA) is 79.8 Å². The van der Waals surface area contributed by atoms with Gasteiger partial charge in [0.1, 0.15) is 11.9 Å². The van der Waals surface area contributed by atoms with E-state index in [-0.39, 0.29) is 6.10 Å². The number of para-hydroxylation sites is 1. The van der Waals surface area contributed by atoms with Crippen LogP contribution in [0.2, 0.25) is 0 Å². The predicted molar refractivity (Wildman–Crippen MR) is 107 cm³/mol. The summed E-state index contributed by atoms with van der Waals surface area (Å²) < 4.78 is 29.4. The molecule has 0 amide bonds. The highest BCUT2D eigenvalue weighted by atomic mass is 32.2. The molecule has 27 heavy (non-hydrogen) atoms. The number of nitrogens with zero attached hydrogens (tertiary/aromatic N) is 1. The summed E-state index contributed by atoms with van der Waals surface area (Å²) in [4.78, 5) is 4.60. The molecule has 2 N–H and O–H groups in total. The highest BCUT2D eigenvalue weighted by molar-refractivity contribution is 7.90. The number of hydrogen-bond donors (Lipinski definition) is 2. The number of benzene rings is 2. The van der Waals surface area contributed by atoms with E-state index in [1.807, 2.05) is 37.3 Å². The first-order valence-electron chi connectivity index (χ1n) is 8.85. The maximum absolute atomic E-state index is 11.7. The first-order valence-corrected chi connectivity index (χ1v) is 10.7. The van der Waals surface area contributed by atoms with Crippen LogP contribution in [0.1, 0.15) is 16.7 Å². The lowest BCUT2D eigenvalue weighted by Crippen LogP contribution is -2.41. The van der Waals surface area contributed by atoms with Gasteiger partial charge in [-0.2, -0.15) is 0 Å². The Morgan fingerprint density at radius 2 is 2.00 bits per heavy atom. The van der Waals surface area contributed by atoms with Crippen LogP contribution in [0, 0.1) is 6.92 Å². The number of nitrogens with one attached hydrogen (secondary N) is 2. The first kappa shape index (κ1) is 19.2. The molecule has 0 saturated carbocycles. The Morgan fingerprint density at radius 1 is 1.22 bits per heavy atom. The molecule has 1 heterocycles. The van der Waals surface area contributed by atoms with Gasteiger partial charge in [-0.05, 0) is 35.7 Å². The van der Waals surface area contributed by atoms with Crippen molar-refractivity contribution >= 4 is 15.8 Å². The Morgan fingerprint density at radius 3 is 2.67 bits per heavy atom. The van der Waals surface area contributed by atoms with Crippen molar-refractivity contribution in [2.45, 2.75) is 30.9 Å². The van der Waals surface area contributed by atoms with Gasteiger partial charge in [-0.15, -0.1) is 0 Å². The largest absolute Gasteiger partial charge is 0.488 e. The predicted octanol–water partition coefficient (Wildman–Crippen LogP) is 2.07. The van der Waals surface area contributed by atoms with Crippen LogP contribution >= 0.6 is 0 Å². The van der Waals surface area contributed by atoms with Gasteiger partial charge in [0.25, 0.3) is 0 Å². The molecule has 7 heteroatoms. The molecule has 1 aliphatic rings. The number of aliphatic imine (C=N–C) groups is 1. The summed E-state index contributed by atoms with van der Waals surface area (Å²) in [6, 6.07) is 13.4. The van der Waals surface area contributed by atoms with E-state index in [4.69, 9.17) is 4.74 Å². The van der Waals surface area contributed by atoms with Gasteiger partial charge in [0, 0.05) is 26.3 Å². The second-order valence-electron chi connectivity index (χ2n) is 6.73. The molecule has 1 unspecified atom stereocenters. The van der Waals surface area contributed by atoms with Crippen molar-refractivity contribution in [3.63, 3.8) is 0 Å². The minimum Gasteiger partial charge on any atom is -0.488 e. The van der Waals surface area contributed by atoms with E-state index in [0.717, 1.165) is 23.3 Å². The van der Waals surface area contributed by atoms with Gasteiger partial charge in [0.2, 0.25) is 0 Å². The number of sulfone groups is 1. The number of rotatable bonds is 5. The summed E-state index contributed by atoms with van der Waals surface area (Å²) in [5, 5.41) is 6.53. The van der Waals surface area contributed by atoms with Crippen LogP contribution in [0.4, 0.5) is 0 Å². The maximum atomic E-state index is 11.7. The normalized spacial score (nSPS) is 16.6. The average Bonchev–Trinajstić information content (AvgIpc) is 3.03. The summed E-state index contributed by atoms with van der Waals surface area (Å²) in [5.41, 5.74) is 2.97. The summed E-state index contributed by atoms with van der Waals surface area (Å²) in [5.74, 6) is 1.63. The molecule has 0 bridgehead atoms. The van der Waals surface area contributed by atoms with Gasteiger partial charge in [-0.3, -0.25) is 4.99 Å². The third-order valence-corrected chi connectivity index (χ3v) is 5.79. The summed E-state index contributed by atoms with van der Waals surface area (Å²) >= 11 is 0. The zero-order valence-electron chi connectivity index (χ0n) is 15.8. The van der Waals surface area contributed by atoms with Gasteiger partial charge in [0.15, 0.2) is 15.8 Å². The van der Waals surface area contributed by atoms with Crippen LogP contribution in [-0.2, 0) is 22.8 Å². The standard InChI is InChI=1S/C20H25N3O3S/c1-14-10-15(8-9-19(14)27(3,24)25)12-22-20(21-2)23-13-17-11-16-6-4-5-7-18(16)26-17/h4-10,17H,11-13H2,1-3H3,(H2,21,22,23). The molecule has 0 saturated heterocycles. The third-order valence-electron chi connectivity index (χ3n) is 4.53. The van der Waals surface area contributed by atoms with Crippen LogP contribution < -0.4 is 15.4 Å². The van der Waals surface area contributed by atoms with E-state index in [9.17, 15) is 8.42 Å². The molecule has 0 aromatic heterocycles. The molecule has 0 fully saturated rings. The van der Waals surface area contributed by atoms with Crippen LogP contribution in [0.15, 0.2) is 52.4 Å². The Labute approximate surface area is 160 Å². The smallest absolute Gasteiger partial charge is 0.191 e. The zero-order valence-corrected chi connectivity index (χ0v) is 16.6. The van der Waals surface area contributed by atoms with Crippen molar-refractivity contribution in [1.82, 2.24) is 10.6 Å². The lowest BCUT2D eigenvalue weighted by atomic mass is 10.1. The van der Waals surface area contributed by atoms with Gasteiger partial charge in [-0.1, -0.05) is 30.3 Å². The summed E-state index contributed by atoms with van der Waals surface area (Å²) in [6.45, 7) is 3.01. The van der Waals surface area contributed by atoms with Crippen molar-refractivity contribution < 1.29 is 13.2 Å². The van der Waals surface area contributed by atoms with E-state index in [1.54, 1.807) is 13.1 Å². The zero-order chi connectivity index (χ0) is 19.4. The van der Waals surface area contributed by atoms with Crippen LogP contribution in [0.3, 0.4) is 0 Å². The van der Waals surface area contributed by atoms with E-state index < -0.39 is 9.84 Å². The van der Waals surface area contributed by atoms with Gasteiger partial charge >= 0.3 is 0 Å². The minimum absolute atomic E-state index is 0.0808. The minimum atomic E-state index is -3.20. The quantitative estimate of drug-likeness (QED) is 0.606. The van der Waals surface area contributed by atoms with E-state index in [1.165, 1.54) is 11.8 Å².